The van der Waals surface area contributed by atoms with Crippen molar-refractivity contribution in [3.8, 4) is 16.9 Å². The Bertz CT molecular complexity index is 640. The highest BCUT2D eigenvalue weighted by Crippen LogP contribution is 2.23. The average molecular weight is 223 g/mol. The molecular weight excluding hydrogens is 210 g/mol. The first-order chi connectivity index (χ1) is 8.36. The minimum atomic E-state index is 0.868. The predicted octanol–water partition coefficient (Wildman–Crippen LogP) is 3.61. The van der Waals surface area contributed by atoms with Gasteiger partial charge < -0.3 is 9.14 Å². The second-order valence-corrected chi connectivity index (χ2v) is 4.00. The molecule has 0 radical (unpaired) electrons. The Morgan fingerprint density at radius 1 is 0.882 bits per heavy atom. The maximum Gasteiger partial charge on any atom is 0.135 e. The largest absolute Gasteiger partial charge is 0.495 e. The molecule has 0 bridgehead atoms. The lowest BCUT2D eigenvalue weighted by atomic mass is 10.1. The van der Waals surface area contributed by atoms with Crippen LogP contribution in [-0.2, 0) is 0 Å². The third-order valence-electron chi connectivity index (χ3n) is 2.91. The maximum absolute atomic E-state index is 5.22. The molecule has 0 aliphatic carbocycles. The highest BCUT2D eigenvalue weighted by molar-refractivity contribution is 5.70. The van der Waals surface area contributed by atoms with Crippen LogP contribution in [0.25, 0.3) is 16.6 Å². The van der Waals surface area contributed by atoms with E-state index in [0.717, 1.165) is 5.75 Å². The summed E-state index contributed by atoms with van der Waals surface area (Å²) >= 11 is 0. The third-order valence-corrected chi connectivity index (χ3v) is 2.91. The van der Waals surface area contributed by atoms with Gasteiger partial charge in [0.2, 0.25) is 0 Å². The van der Waals surface area contributed by atoms with Crippen LogP contribution in [0.1, 0.15) is 0 Å². The molecule has 0 atom stereocenters. The fourth-order valence-corrected chi connectivity index (χ4v) is 2.00. The number of methoxy groups -OCH3 is 1. The summed E-state index contributed by atoms with van der Waals surface area (Å²) in [5.74, 6) is 0.868. The fraction of sp³-hybridized carbons (Fsp3) is 0.0667. The molecule has 2 heteroatoms. The molecule has 1 aromatic carbocycles. The monoisotopic (exact) mass is 223 g/mol. The molecule has 0 unspecified atom stereocenters. The van der Waals surface area contributed by atoms with Gasteiger partial charge in [-0.25, -0.2) is 0 Å². The fourth-order valence-electron chi connectivity index (χ4n) is 2.00. The number of benzene rings is 1. The quantitative estimate of drug-likeness (QED) is 0.647. The molecule has 0 aliphatic rings. The summed E-state index contributed by atoms with van der Waals surface area (Å²) in [7, 11) is 1.68. The number of ether oxygens (including phenoxy) is 1. The van der Waals surface area contributed by atoms with Crippen molar-refractivity contribution >= 4 is 5.52 Å². The molecule has 0 saturated carbocycles. The molecule has 0 saturated heterocycles. The molecular formula is C15H13NO. The summed E-state index contributed by atoms with van der Waals surface area (Å²) in [6, 6.07) is 16.6. The summed E-state index contributed by atoms with van der Waals surface area (Å²) in [6.45, 7) is 0. The molecule has 0 aliphatic heterocycles. The van der Waals surface area contributed by atoms with E-state index in [4.69, 9.17) is 4.74 Å². The van der Waals surface area contributed by atoms with Crippen LogP contribution < -0.4 is 4.74 Å². The van der Waals surface area contributed by atoms with Crippen molar-refractivity contribution in [2.75, 3.05) is 7.11 Å². The van der Waals surface area contributed by atoms with Crippen molar-refractivity contribution in [2.24, 2.45) is 0 Å². The highest BCUT2D eigenvalue weighted by atomic mass is 16.5. The van der Waals surface area contributed by atoms with Crippen molar-refractivity contribution in [2.45, 2.75) is 0 Å². The Morgan fingerprint density at radius 2 is 1.71 bits per heavy atom. The van der Waals surface area contributed by atoms with Crippen LogP contribution in [0.2, 0.25) is 0 Å². The van der Waals surface area contributed by atoms with Crippen LogP contribution in [0, 0.1) is 0 Å². The number of hydrogen-bond acceptors (Lipinski definition) is 1. The van der Waals surface area contributed by atoms with Crippen LogP contribution in [-0.4, -0.2) is 11.5 Å². The van der Waals surface area contributed by atoms with E-state index < -0.39 is 0 Å². The lowest BCUT2D eigenvalue weighted by molar-refractivity contribution is 0.412. The van der Waals surface area contributed by atoms with Crippen molar-refractivity contribution in [1.82, 2.24) is 4.40 Å². The molecule has 2 nitrogen and oxygen atoms in total. The molecule has 84 valence electrons. The number of nitrogens with zero attached hydrogens (tertiary/aromatic N) is 1. The zero-order valence-electron chi connectivity index (χ0n) is 9.63. The van der Waals surface area contributed by atoms with Crippen LogP contribution in [0.4, 0.5) is 0 Å². The number of pyridine rings is 1. The van der Waals surface area contributed by atoms with E-state index in [2.05, 4.69) is 47.0 Å². The van der Waals surface area contributed by atoms with E-state index in [9.17, 15) is 0 Å². The first kappa shape index (κ1) is 9.97. The number of aromatic nitrogens is 1. The minimum Gasteiger partial charge on any atom is -0.495 e. The third kappa shape index (κ3) is 1.78. The normalized spacial score (nSPS) is 10.6. The SMILES string of the molecule is COc1ccc2cc(-c3ccccc3)cn2c1. The summed E-state index contributed by atoms with van der Waals surface area (Å²) < 4.78 is 7.30. The Labute approximate surface area is 100 Å². The van der Waals surface area contributed by atoms with Crippen molar-refractivity contribution in [3.05, 3.63) is 60.9 Å². The van der Waals surface area contributed by atoms with Gasteiger partial charge in [-0.15, -0.1) is 0 Å². The Morgan fingerprint density at radius 3 is 2.47 bits per heavy atom. The molecule has 0 fully saturated rings. The Kier molecular flexibility index (Phi) is 2.33. The highest BCUT2D eigenvalue weighted by Gasteiger charge is 2.02. The van der Waals surface area contributed by atoms with Gasteiger partial charge in [-0.3, -0.25) is 0 Å². The number of rotatable bonds is 2. The first-order valence-electron chi connectivity index (χ1n) is 5.58. The van der Waals surface area contributed by atoms with E-state index >= 15 is 0 Å². The average Bonchev–Trinajstić information content (AvgIpc) is 2.82. The smallest absolute Gasteiger partial charge is 0.135 e. The van der Waals surface area contributed by atoms with Crippen molar-refractivity contribution in [1.29, 1.82) is 0 Å². The van der Waals surface area contributed by atoms with E-state index in [-0.39, 0.29) is 0 Å². The Hall–Kier alpha value is -2.22. The van der Waals surface area contributed by atoms with Gasteiger partial charge in [0.1, 0.15) is 5.75 Å². The maximum atomic E-state index is 5.22. The first-order valence-corrected chi connectivity index (χ1v) is 5.58. The molecule has 3 rings (SSSR count). The van der Waals surface area contributed by atoms with Crippen LogP contribution in [0.5, 0.6) is 5.75 Å². The summed E-state index contributed by atoms with van der Waals surface area (Å²) in [5.41, 5.74) is 3.62. The molecule has 3 aromatic rings. The molecule has 0 amide bonds. The summed E-state index contributed by atoms with van der Waals surface area (Å²) in [5, 5.41) is 0. The van der Waals surface area contributed by atoms with Crippen molar-refractivity contribution < 1.29 is 4.74 Å². The van der Waals surface area contributed by atoms with E-state index in [1.807, 2.05) is 18.3 Å². The lowest BCUT2D eigenvalue weighted by Gasteiger charge is -1.99. The zero-order chi connectivity index (χ0) is 11.7. The molecule has 0 spiro atoms. The van der Waals surface area contributed by atoms with Crippen LogP contribution in [0.3, 0.4) is 0 Å². The van der Waals surface area contributed by atoms with Crippen molar-refractivity contribution in [3.63, 3.8) is 0 Å². The van der Waals surface area contributed by atoms with E-state index in [1.54, 1.807) is 7.11 Å². The number of hydrogen-bond donors (Lipinski definition) is 0. The molecule has 2 aromatic heterocycles. The van der Waals surface area contributed by atoms with Gasteiger partial charge >= 0.3 is 0 Å². The predicted molar refractivity (Wildman–Crippen MR) is 69.4 cm³/mol. The van der Waals surface area contributed by atoms with E-state index in [1.165, 1.54) is 16.6 Å². The summed E-state index contributed by atoms with van der Waals surface area (Å²) in [4.78, 5) is 0. The molecule has 0 N–H and O–H groups in total. The van der Waals surface area contributed by atoms with Gasteiger partial charge in [0.25, 0.3) is 0 Å². The van der Waals surface area contributed by atoms with Gasteiger partial charge in [0.15, 0.2) is 0 Å². The standard InChI is InChI=1S/C15H13NO/c1-17-15-8-7-14-9-13(10-16(14)11-15)12-5-3-2-4-6-12/h2-11H,1H3. The number of fused-ring (bicyclic) bond motifs is 1. The summed E-state index contributed by atoms with van der Waals surface area (Å²) in [6.07, 6.45) is 4.11. The molecule has 2 heterocycles. The van der Waals surface area contributed by atoms with Gasteiger partial charge in [-0.1, -0.05) is 30.3 Å². The minimum absolute atomic E-state index is 0.868. The van der Waals surface area contributed by atoms with Gasteiger partial charge in [-0.2, -0.15) is 0 Å². The van der Waals surface area contributed by atoms with E-state index in [0.29, 0.717) is 0 Å². The van der Waals surface area contributed by atoms with Gasteiger partial charge in [-0.05, 0) is 23.8 Å². The lowest BCUT2D eigenvalue weighted by Crippen LogP contribution is -1.86. The topological polar surface area (TPSA) is 13.6 Å². The van der Waals surface area contributed by atoms with Gasteiger partial charge in [0.05, 0.1) is 13.3 Å². The van der Waals surface area contributed by atoms with Crippen LogP contribution in [0.15, 0.2) is 60.9 Å². The molecule has 17 heavy (non-hydrogen) atoms. The van der Waals surface area contributed by atoms with Gasteiger partial charge in [0, 0.05) is 17.3 Å². The Balaban J connectivity index is 2.14. The second-order valence-electron chi connectivity index (χ2n) is 4.00. The van der Waals surface area contributed by atoms with Crippen LogP contribution >= 0.6 is 0 Å². The zero-order valence-corrected chi connectivity index (χ0v) is 9.63. The second kappa shape index (κ2) is 3.98.